The van der Waals surface area contributed by atoms with E-state index in [9.17, 15) is 0 Å². The van der Waals surface area contributed by atoms with E-state index in [2.05, 4.69) is 57.8 Å². The van der Waals surface area contributed by atoms with Crippen LogP contribution in [0.4, 0.5) is 0 Å². The van der Waals surface area contributed by atoms with Gasteiger partial charge in [-0.2, -0.15) is 0 Å². The van der Waals surface area contributed by atoms with Crippen LogP contribution in [-0.4, -0.2) is 16.2 Å². The third-order valence-electron chi connectivity index (χ3n) is 1.73. The van der Waals surface area contributed by atoms with Crippen molar-refractivity contribution in [1.82, 2.24) is 9.97 Å². The number of thioether (sulfide) groups is 1. The lowest BCUT2D eigenvalue weighted by Gasteiger charge is -2.09. The highest BCUT2D eigenvalue weighted by atomic mass is 79.9. The number of hydrogen-bond acceptors (Lipinski definition) is 3. The lowest BCUT2D eigenvalue weighted by molar-refractivity contribution is 0.873. The Labute approximate surface area is 113 Å². The quantitative estimate of drug-likeness (QED) is 0.432. The molecule has 0 aliphatic carbocycles. The van der Waals surface area contributed by atoms with E-state index in [1.165, 1.54) is 5.56 Å². The molecule has 0 atom stereocenters. The molecule has 0 N–H and O–H groups in total. The first-order valence-corrected chi connectivity index (χ1v) is 8.46. The van der Waals surface area contributed by atoms with Crippen LogP contribution in [0.5, 0.6) is 0 Å². The van der Waals surface area contributed by atoms with Crippen LogP contribution >= 0.6 is 59.6 Å². The number of rotatable bonds is 4. The van der Waals surface area contributed by atoms with Crippen molar-refractivity contribution in [2.45, 2.75) is 21.1 Å². The van der Waals surface area contributed by atoms with Crippen molar-refractivity contribution >= 4 is 59.6 Å². The molecular weight excluding hydrogens is 396 g/mol. The third-order valence-corrected chi connectivity index (χ3v) is 3.90. The first-order valence-electron chi connectivity index (χ1n) is 3.87. The molecule has 0 radical (unpaired) electrons. The first-order chi connectivity index (χ1) is 6.76. The average Bonchev–Trinajstić information content (AvgIpc) is 2.26. The van der Waals surface area contributed by atoms with Crippen LogP contribution in [0.3, 0.4) is 0 Å². The zero-order valence-electron chi connectivity index (χ0n) is 7.56. The van der Waals surface area contributed by atoms with Gasteiger partial charge in [-0.25, -0.2) is 9.97 Å². The number of aromatic nitrogens is 2. The van der Waals surface area contributed by atoms with Gasteiger partial charge in [-0.15, -0.1) is 0 Å². The molecule has 0 amide bonds. The van der Waals surface area contributed by atoms with Gasteiger partial charge in [0.2, 0.25) is 0 Å². The number of nitrogens with zero attached hydrogens (tertiary/aromatic N) is 2. The third kappa shape index (κ3) is 2.93. The fourth-order valence-corrected chi connectivity index (χ4v) is 3.00. The molecule has 0 spiro atoms. The van der Waals surface area contributed by atoms with Gasteiger partial charge in [0.1, 0.15) is 0 Å². The lowest BCUT2D eigenvalue weighted by Crippen LogP contribution is -2.03. The molecule has 0 saturated heterocycles. The Bertz CT molecular complexity index is 294. The van der Waals surface area contributed by atoms with Gasteiger partial charge in [0.15, 0.2) is 5.16 Å². The summed E-state index contributed by atoms with van der Waals surface area (Å²) in [6, 6.07) is 0. The standard InChI is InChI=1S/C8H9Br3N2S/c1-14-8-12-6(3-10)5(2-9)7(4-11)13-8/h2-4H2,1H3. The summed E-state index contributed by atoms with van der Waals surface area (Å²) in [6.45, 7) is 0. The monoisotopic (exact) mass is 402 g/mol. The second-order valence-corrected chi connectivity index (χ2v) is 4.94. The number of halogens is 3. The summed E-state index contributed by atoms with van der Waals surface area (Å²) in [5.74, 6) is 0. The molecule has 0 aromatic carbocycles. The maximum atomic E-state index is 4.44. The minimum Gasteiger partial charge on any atom is -0.226 e. The molecule has 0 saturated carbocycles. The Balaban J connectivity index is 3.24. The van der Waals surface area contributed by atoms with Gasteiger partial charge in [0.25, 0.3) is 0 Å². The van der Waals surface area contributed by atoms with Crippen LogP contribution in [0.2, 0.25) is 0 Å². The average molecular weight is 405 g/mol. The van der Waals surface area contributed by atoms with Crippen molar-refractivity contribution in [3.05, 3.63) is 17.0 Å². The fraction of sp³-hybridized carbons (Fsp3) is 0.500. The highest BCUT2D eigenvalue weighted by Gasteiger charge is 2.11. The Kier molecular flexibility index (Phi) is 5.96. The van der Waals surface area contributed by atoms with Crippen molar-refractivity contribution in [2.24, 2.45) is 0 Å². The Morgan fingerprint density at radius 3 is 1.79 bits per heavy atom. The summed E-state index contributed by atoms with van der Waals surface area (Å²) in [6.07, 6.45) is 1.99. The van der Waals surface area contributed by atoms with Gasteiger partial charge < -0.3 is 0 Å². The van der Waals surface area contributed by atoms with Gasteiger partial charge in [-0.1, -0.05) is 59.6 Å². The van der Waals surface area contributed by atoms with E-state index in [0.29, 0.717) is 0 Å². The van der Waals surface area contributed by atoms with E-state index in [1.54, 1.807) is 11.8 Å². The van der Waals surface area contributed by atoms with E-state index >= 15 is 0 Å². The molecule has 6 heteroatoms. The van der Waals surface area contributed by atoms with Gasteiger partial charge in [-0.3, -0.25) is 0 Å². The van der Waals surface area contributed by atoms with Crippen LogP contribution in [0.25, 0.3) is 0 Å². The molecule has 1 heterocycles. The van der Waals surface area contributed by atoms with Crippen molar-refractivity contribution in [2.75, 3.05) is 6.26 Å². The van der Waals surface area contributed by atoms with Crippen molar-refractivity contribution < 1.29 is 0 Å². The maximum absolute atomic E-state index is 4.44. The largest absolute Gasteiger partial charge is 0.226 e. The highest BCUT2D eigenvalue weighted by Crippen LogP contribution is 2.22. The Morgan fingerprint density at radius 2 is 1.50 bits per heavy atom. The van der Waals surface area contributed by atoms with Gasteiger partial charge in [0.05, 0.1) is 11.4 Å². The minimum atomic E-state index is 0.768. The fourth-order valence-electron chi connectivity index (χ4n) is 1.02. The van der Waals surface area contributed by atoms with E-state index in [0.717, 1.165) is 32.5 Å². The molecule has 0 aliphatic heterocycles. The Hall–Kier alpha value is 0.870. The lowest BCUT2D eigenvalue weighted by atomic mass is 10.2. The summed E-state index contributed by atoms with van der Waals surface area (Å²) in [4.78, 5) is 8.89. The predicted octanol–water partition coefficient (Wildman–Crippen LogP) is 3.88. The van der Waals surface area contributed by atoms with E-state index < -0.39 is 0 Å². The minimum absolute atomic E-state index is 0.768. The summed E-state index contributed by atoms with van der Waals surface area (Å²) >= 11 is 11.9. The summed E-state index contributed by atoms with van der Waals surface area (Å²) < 4.78 is 0. The smallest absolute Gasteiger partial charge is 0.187 e. The van der Waals surface area contributed by atoms with E-state index in [1.807, 2.05) is 6.26 Å². The van der Waals surface area contributed by atoms with Crippen molar-refractivity contribution in [1.29, 1.82) is 0 Å². The van der Waals surface area contributed by atoms with Crippen LogP contribution in [0.1, 0.15) is 17.0 Å². The number of alkyl halides is 3. The second-order valence-electron chi connectivity index (χ2n) is 2.48. The Morgan fingerprint density at radius 1 is 1.00 bits per heavy atom. The van der Waals surface area contributed by atoms with Crippen LogP contribution < -0.4 is 0 Å². The SMILES string of the molecule is CSc1nc(CBr)c(CBr)c(CBr)n1. The molecule has 1 aromatic heterocycles. The zero-order valence-corrected chi connectivity index (χ0v) is 13.1. The van der Waals surface area contributed by atoms with Crippen molar-refractivity contribution in [3.63, 3.8) is 0 Å². The molecule has 2 nitrogen and oxygen atoms in total. The predicted molar refractivity (Wildman–Crippen MR) is 71.7 cm³/mol. The normalized spacial score (nSPS) is 10.6. The second kappa shape index (κ2) is 6.45. The highest BCUT2D eigenvalue weighted by molar-refractivity contribution is 9.09. The molecular formula is C8H9Br3N2S. The van der Waals surface area contributed by atoms with Crippen LogP contribution in [-0.2, 0) is 16.0 Å². The van der Waals surface area contributed by atoms with Crippen LogP contribution in [0.15, 0.2) is 5.16 Å². The van der Waals surface area contributed by atoms with E-state index in [-0.39, 0.29) is 0 Å². The van der Waals surface area contributed by atoms with Crippen LogP contribution in [0, 0.1) is 0 Å². The zero-order chi connectivity index (χ0) is 10.6. The van der Waals surface area contributed by atoms with Gasteiger partial charge in [-0.05, 0) is 6.26 Å². The summed E-state index contributed by atoms with van der Waals surface area (Å²) in [5.41, 5.74) is 3.31. The first kappa shape index (κ1) is 12.9. The maximum Gasteiger partial charge on any atom is 0.187 e. The van der Waals surface area contributed by atoms with E-state index in [4.69, 9.17) is 0 Å². The van der Waals surface area contributed by atoms with Gasteiger partial charge >= 0.3 is 0 Å². The molecule has 0 fully saturated rings. The molecule has 0 aliphatic rings. The topological polar surface area (TPSA) is 25.8 Å². The summed E-state index contributed by atoms with van der Waals surface area (Å²) in [7, 11) is 0. The number of hydrogen-bond donors (Lipinski definition) is 0. The molecule has 14 heavy (non-hydrogen) atoms. The summed E-state index contributed by atoms with van der Waals surface area (Å²) in [5, 5.41) is 3.16. The van der Waals surface area contributed by atoms with Gasteiger partial charge in [0, 0.05) is 21.6 Å². The molecule has 1 aromatic rings. The molecule has 0 unspecified atom stereocenters. The van der Waals surface area contributed by atoms with Crippen molar-refractivity contribution in [3.8, 4) is 0 Å². The molecule has 1 rings (SSSR count). The molecule has 0 bridgehead atoms. The molecule has 78 valence electrons.